The fourth-order valence-corrected chi connectivity index (χ4v) is 3.66. The van der Waals surface area contributed by atoms with Crippen molar-refractivity contribution in [2.75, 3.05) is 21.9 Å². The number of nitrogens with two attached hydrogens (primary N) is 1. The molecule has 1 fully saturated rings. The Kier molecular flexibility index (Phi) is 4.22. The standard InChI is InChI=1S/C12H16ClN3O3S/c1-8(14)12(17)15-11-7-9(3-4-10(11)13)16-5-2-6-20(16,18)19/h3-4,7-8H,2,5-6,14H2,1H3,(H,15,17)/t8-/m0/s1. The molecular formula is C12H16ClN3O3S. The van der Waals surface area contributed by atoms with Gasteiger partial charge in [0.15, 0.2) is 0 Å². The van der Waals surface area contributed by atoms with Gasteiger partial charge in [-0.3, -0.25) is 9.10 Å². The summed E-state index contributed by atoms with van der Waals surface area (Å²) in [6.45, 7) is 1.99. The van der Waals surface area contributed by atoms with Gasteiger partial charge >= 0.3 is 0 Å². The number of carbonyl (C=O) groups is 1. The van der Waals surface area contributed by atoms with Crippen molar-refractivity contribution in [2.45, 2.75) is 19.4 Å². The molecule has 1 aliphatic heterocycles. The number of nitrogens with one attached hydrogen (secondary N) is 1. The number of sulfonamides is 1. The summed E-state index contributed by atoms with van der Waals surface area (Å²) in [5.74, 6) is -0.245. The number of nitrogens with zero attached hydrogens (tertiary/aromatic N) is 1. The Morgan fingerprint density at radius 1 is 1.50 bits per heavy atom. The van der Waals surface area contributed by atoms with E-state index in [2.05, 4.69) is 5.32 Å². The van der Waals surface area contributed by atoms with Crippen molar-refractivity contribution in [2.24, 2.45) is 5.73 Å². The van der Waals surface area contributed by atoms with Gasteiger partial charge in [0.2, 0.25) is 15.9 Å². The van der Waals surface area contributed by atoms with Crippen molar-refractivity contribution in [1.82, 2.24) is 0 Å². The topological polar surface area (TPSA) is 92.5 Å². The molecule has 1 aliphatic rings. The minimum atomic E-state index is -3.26. The van der Waals surface area contributed by atoms with Crippen LogP contribution >= 0.6 is 11.6 Å². The number of halogens is 1. The smallest absolute Gasteiger partial charge is 0.241 e. The van der Waals surface area contributed by atoms with E-state index in [0.717, 1.165) is 0 Å². The van der Waals surface area contributed by atoms with E-state index in [4.69, 9.17) is 17.3 Å². The molecule has 20 heavy (non-hydrogen) atoms. The van der Waals surface area contributed by atoms with Crippen LogP contribution in [0.15, 0.2) is 18.2 Å². The van der Waals surface area contributed by atoms with E-state index in [0.29, 0.717) is 29.4 Å². The zero-order valence-corrected chi connectivity index (χ0v) is 12.5. The van der Waals surface area contributed by atoms with E-state index in [1.54, 1.807) is 25.1 Å². The van der Waals surface area contributed by atoms with Gasteiger partial charge in [0.1, 0.15) is 0 Å². The van der Waals surface area contributed by atoms with Gasteiger partial charge in [0.05, 0.1) is 28.2 Å². The summed E-state index contributed by atoms with van der Waals surface area (Å²) in [7, 11) is -3.26. The zero-order valence-electron chi connectivity index (χ0n) is 11.0. The Hall–Kier alpha value is -1.31. The SMILES string of the molecule is C[C@H](N)C(=O)Nc1cc(N2CCCS2(=O)=O)ccc1Cl. The minimum Gasteiger partial charge on any atom is -0.323 e. The number of benzene rings is 1. The Labute approximate surface area is 122 Å². The van der Waals surface area contributed by atoms with Crippen molar-refractivity contribution in [3.05, 3.63) is 23.2 Å². The molecular weight excluding hydrogens is 302 g/mol. The fraction of sp³-hybridized carbons (Fsp3) is 0.417. The van der Waals surface area contributed by atoms with E-state index in [9.17, 15) is 13.2 Å². The minimum absolute atomic E-state index is 0.136. The van der Waals surface area contributed by atoms with Gasteiger partial charge in [-0.05, 0) is 31.5 Å². The lowest BCUT2D eigenvalue weighted by molar-refractivity contribution is -0.117. The van der Waals surface area contributed by atoms with Crippen LogP contribution in [0.3, 0.4) is 0 Å². The molecule has 6 nitrogen and oxygen atoms in total. The van der Waals surface area contributed by atoms with E-state index < -0.39 is 16.1 Å². The first-order chi connectivity index (χ1) is 9.31. The van der Waals surface area contributed by atoms with Crippen molar-refractivity contribution < 1.29 is 13.2 Å². The molecule has 1 atom stereocenters. The highest BCUT2D eigenvalue weighted by molar-refractivity contribution is 7.93. The summed E-state index contributed by atoms with van der Waals surface area (Å²) in [4.78, 5) is 11.6. The molecule has 0 aromatic heterocycles. The predicted octanol–water partition coefficient (Wildman–Crippen LogP) is 1.17. The highest BCUT2D eigenvalue weighted by Crippen LogP contribution is 2.31. The van der Waals surface area contributed by atoms with Gasteiger partial charge < -0.3 is 11.1 Å². The molecule has 0 saturated carbocycles. The number of hydrogen-bond acceptors (Lipinski definition) is 4. The number of amides is 1. The summed E-state index contributed by atoms with van der Waals surface area (Å²) < 4.78 is 25.1. The molecule has 2 rings (SSSR count). The van der Waals surface area contributed by atoms with Crippen molar-refractivity contribution in [1.29, 1.82) is 0 Å². The summed E-state index contributed by atoms with van der Waals surface area (Å²) in [6, 6.07) is 4.05. The molecule has 0 spiro atoms. The van der Waals surface area contributed by atoms with Gasteiger partial charge in [-0.25, -0.2) is 8.42 Å². The Bertz CT molecular complexity index is 631. The van der Waals surface area contributed by atoms with Crippen molar-refractivity contribution >= 4 is 38.9 Å². The van der Waals surface area contributed by atoms with Gasteiger partial charge in [-0.2, -0.15) is 0 Å². The fourth-order valence-electron chi connectivity index (χ4n) is 1.94. The molecule has 1 aromatic carbocycles. The lowest BCUT2D eigenvalue weighted by Crippen LogP contribution is -2.32. The van der Waals surface area contributed by atoms with E-state index in [1.165, 1.54) is 4.31 Å². The molecule has 3 N–H and O–H groups in total. The van der Waals surface area contributed by atoms with Crippen LogP contribution in [0, 0.1) is 0 Å². The summed E-state index contributed by atoms with van der Waals surface area (Å²) in [5, 5.41) is 2.92. The second-order valence-corrected chi connectivity index (χ2v) is 7.10. The number of carbonyl (C=O) groups excluding carboxylic acids is 1. The zero-order chi connectivity index (χ0) is 14.9. The van der Waals surface area contributed by atoms with Gasteiger partial charge in [0.25, 0.3) is 0 Å². The molecule has 110 valence electrons. The maximum Gasteiger partial charge on any atom is 0.241 e. The number of hydrogen-bond donors (Lipinski definition) is 2. The molecule has 1 amide bonds. The first-order valence-electron chi connectivity index (χ1n) is 6.17. The van der Waals surface area contributed by atoms with Crippen LogP contribution in [-0.2, 0) is 14.8 Å². The monoisotopic (exact) mass is 317 g/mol. The summed E-state index contributed by atoms with van der Waals surface area (Å²) in [6.07, 6.45) is 0.590. The third-order valence-corrected chi connectivity index (χ3v) is 5.21. The molecule has 8 heteroatoms. The highest BCUT2D eigenvalue weighted by atomic mass is 35.5. The van der Waals surface area contributed by atoms with Crippen molar-refractivity contribution in [3.8, 4) is 0 Å². The quantitative estimate of drug-likeness (QED) is 0.875. The molecule has 0 aliphatic carbocycles. The van der Waals surface area contributed by atoms with Crippen LogP contribution < -0.4 is 15.4 Å². The van der Waals surface area contributed by atoms with Crippen LogP contribution in [0.5, 0.6) is 0 Å². The maximum atomic E-state index is 11.9. The van der Waals surface area contributed by atoms with E-state index in [-0.39, 0.29) is 11.7 Å². The molecule has 0 unspecified atom stereocenters. The molecule has 1 saturated heterocycles. The summed E-state index contributed by atoms with van der Waals surface area (Å²) in [5.41, 5.74) is 6.32. The number of anilines is 2. The first kappa shape index (κ1) is 15.1. The first-order valence-corrected chi connectivity index (χ1v) is 8.16. The Balaban J connectivity index is 2.32. The molecule has 0 bridgehead atoms. The Morgan fingerprint density at radius 3 is 2.75 bits per heavy atom. The third kappa shape index (κ3) is 3.05. The average molecular weight is 318 g/mol. The van der Waals surface area contributed by atoms with E-state index in [1.807, 2.05) is 0 Å². The second-order valence-electron chi connectivity index (χ2n) is 4.68. The largest absolute Gasteiger partial charge is 0.323 e. The summed E-state index contributed by atoms with van der Waals surface area (Å²) >= 11 is 6.00. The molecule has 1 aromatic rings. The third-order valence-electron chi connectivity index (χ3n) is 3.01. The van der Waals surface area contributed by atoms with Crippen molar-refractivity contribution in [3.63, 3.8) is 0 Å². The average Bonchev–Trinajstić information content (AvgIpc) is 2.71. The molecule has 1 heterocycles. The van der Waals surface area contributed by atoms with Gasteiger partial charge in [0, 0.05) is 6.54 Å². The lowest BCUT2D eigenvalue weighted by Gasteiger charge is -2.18. The molecule has 0 radical (unpaired) electrons. The highest BCUT2D eigenvalue weighted by Gasteiger charge is 2.28. The van der Waals surface area contributed by atoms with Gasteiger partial charge in [-0.15, -0.1) is 0 Å². The number of rotatable bonds is 3. The predicted molar refractivity (Wildman–Crippen MR) is 79.5 cm³/mol. The van der Waals surface area contributed by atoms with Crippen LogP contribution in [-0.4, -0.2) is 32.7 Å². The Morgan fingerprint density at radius 2 is 2.20 bits per heavy atom. The van der Waals surface area contributed by atoms with E-state index >= 15 is 0 Å². The lowest BCUT2D eigenvalue weighted by atomic mass is 10.2. The maximum absolute atomic E-state index is 11.9. The second kappa shape index (κ2) is 5.59. The van der Waals surface area contributed by atoms with Crippen LogP contribution in [0.1, 0.15) is 13.3 Å². The van der Waals surface area contributed by atoms with Crippen LogP contribution in [0.4, 0.5) is 11.4 Å². The normalized spacial score (nSPS) is 18.9. The van der Waals surface area contributed by atoms with Crippen LogP contribution in [0.25, 0.3) is 0 Å². The van der Waals surface area contributed by atoms with Crippen LogP contribution in [0.2, 0.25) is 5.02 Å². The van der Waals surface area contributed by atoms with Gasteiger partial charge in [-0.1, -0.05) is 11.6 Å².